The number of fused-ring (bicyclic) bond motifs is 1. The van der Waals surface area contributed by atoms with Crippen LogP contribution in [-0.4, -0.2) is 22.3 Å². The van der Waals surface area contributed by atoms with Gasteiger partial charge in [0.05, 0.1) is 9.73 Å². The molecule has 0 aliphatic carbocycles. The Balaban J connectivity index is 1.51. The zero-order valence-electron chi connectivity index (χ0n) is 14.5. The molecule has 25 heavy (non-hydrogen) atoms. The van der Waals surface area contributed by atoms with Crippen LogP contribution >= 0.6 is 39.0 Å². The van der Waals surface area contributed by atoms with E-state index in [0.29, 0.717) is 5.95 Å². The average Bonchev–Trinajstić information content (AvgIpc) is 2.97. The fourth-order valence-electron chi connectivity index (χ4n) is 2.58. The molecule has 2 heterocycles. The zero-order valence-corrected chi connectivity index (χ0v) is 17.7. The number of hydrogen-bond acceptors (Lipinski definition) is 5. The largest absolute Gasteiger partial charge is 0.353 e. The van der Waals surface area contributed by atoms with E-state index in [-0.39, 0.29) is 0 Å². The molecule has 0 amide bonds. The number of anilines is 1. The Labute approximate surface area is 165 Å². The molecule has 6 heteroatoms. The topological polar surface area (TPSA) is 37.8 Å². The highest BCUT2D eigenvalue weighted by Crippen LogP contribution is 2.32. The Morgan fingerprint density at radius 2 is 2.20 bits per heavy atom. The van der Waals surface area contributed by atoms with E-state index < -0.39 is 0 Å². The summed E-state index contributed by atoms with van der Waals surface area (Å²) in [5.74, 6) is 1.71. The Bertz CT molecular complexity index is 848. The fraction of sp³-hybridized carbons (Fsp3) is 0.368. The van der Waals surface area contributed by atoms with Crippen LogP contribution in [0.5, 0.6) is 0 Å². The van der Waals surface area contributed by atoms with E-state index in [1.165, 1.54) is 34.6 Å². The molecule has 0 radical (unpaired) electrons. The van der Waals surface area contributed by atoms with Gasteiger partial charge in [0, 0.05) is 28.4 Å². The van der Waals surface area contributed by atoms with Gasteiger partial charge in [-0.25, -0.2) is 9.97 Å². The lowest BCUT2D eigenvalue weighted by atomic mass is 10.1. The van der Waals surface area contributed by atoms with Gasteiger partial charge in [-0.2, -0.15) is 0 Å². The van der Waals surface area contributed by atoms with Crippen LogP contribution < -0.4 is 5.32 Å². The van der Waals surface area contributed by atoms with Gasteiger partial charge < -0.3 is 5.32 Å². The molecular formula is C19H22BrN3S2. The van der Waals surface area contributed by atoms with Gasteiger partial charge in [0.1, 0.15) is 0 Å². The van der Waals surface area contributed by atoms with E-state index in [1.807, 2.05) is 47.5 Å². The van der Waals surface area contributed by atoms with Crippen molar-refractivity contribution in [1.82, 2.24) is 9.97 Å². The minimum atomic E-state index is 0.696. The Hall–Kier alpha value is -1.11. The second kappa shape index (κ2) is 9.01. The minimum absolute atomic E-state index is 0.696. The summed E-state index contributed by atoms with van der Waals surface area (Å²) in [6.45, 7) is 5.35. The number of thiophene rings is 1. The number of nitrogens with one attached hydrogen (secondary N) is 1. The van der Waals surface area contributed by atoms with Crippen molar-refractivity contribution in [3.05, 3.63) is 45.4 Å². The first-order valence-electron chi connectivity index (χ1n) is 8.53. The molecule has 0 bridgehead atoms. The summed E-state index contributed by atoms with van der Waals surface area (Å²) in [4.78, 5) is 8.96. The molecule has 0 atom stereocenters. The number of benzene rings is 1. The molecule has 132 valence electrons. The summed E-state index contributed by atoms with van der Waals surface area (Å²) in [5, 5.41) is 6.70. The molecule has 0 fully saturated rings. The van der Waals surface area contributed by atoms with Crippen LogP contribution in [0.15, 0.2) is 38.5 Å². The number of nitrogens with zero attached hydrogens (tertiary/aromatic N) is 2. The van der Waals surface area contributed by atoms with Gasteiger partial charge in [-0.3, -0.25) is 0 Å². The van der Waals surface area contributed by atoms with E-state index >= 15 is 0 Å². The Kier molecular flexibility index (Phi) is 6.73. The summed E-state index contributed by atoms with van der Waals surface area (Å²) >= 11 is 7.27. The quantitative estimate of drug-likeness (QED) is 0.332. The maximum absolute atomic E-state index is 4.57. The van der Waals surface area contributed by atoms with E-state index in [0.717, 1.165) is 27.7 Å². The second-order valence-corrected chi connectivity index (χ2v) is 9.11. The third kappa shape index (κ3) is 4.96. The summed E-state index contributed by atoms with van der Waals surface area (Å²) < 4.78 is 2.49. The van der Waals surface area contributed by atoms with Crippen LogP contribution in [0.3, 0.4) is 0 Å². The van der Waals surface area contributed by atoms with Crippen molar-refractivity contribution < 1.29 is 0 Å². The maximum atomic E-state index is 4.57. The molecule has 0 aliphatic rings. The van der Waals surface area contributed by atoms with Crippen LogP contribution in [0.4, 0.5) is 5.95 Å². The predicted molar refractivity (Wildman–Crippen MR) is 114 cm³/mol. The lowest BCUT2D eigenvalue weighted by Crippen LogP contribution is -2.07. The number of aromatic nitrogens is 2. The van der Waals surface area contributed by atoms with Gasteiger partial charge in [-0.1, -0.05) is 29.3 Å². The van der Waals surface area contributed by atoms with Gasteiger partial charge >= 0.3 is 0 Å². The molecule has 2 aromatic heterocycles. The average molecular weight is 436 g/mol. The maximum Gasteiger partial charge on any atom is 0.223 e. The lowest BCUT2D eigenvalue weighted by molar-refractivity contribution is 0.792. The highest BCUT2D eigenvalue weighted by atomic mass is 79.9. The summed E-state index contributed by atoms with van der Waals surface area (Å²) in [6.07, 6.45) is 5.61. The molecule has 0 saturated carbocycles. The van der Waals surface area contributed by atoms with Crippen LogP contribution in [0.25, 0.3) is 10.9 Å². The van der Waals surface area contributed by atoms with E-state index in [4.69, 9.17) is 0 Å². The molecule has 0 aliphatic heterocycles. The predicted octanol–water partition coefficient (Wildman–Crippen LogP) is 6.31. The molecule has 1 aromatic carbocycles. The molecule has 0 saturated heterocycles. The Morgan fingerprint density at radius 1 is 1.32 bits per heavy atom. The highest BCUT2D eigenvalue weighted by molar-refractivity contribution is 9.10. The number of hydrogen-bond donors (Lipinski definition) is 1. The Morgan fingerprint density at radius 3 is 3.04 bits per heavy atom. The van der Waals surface area contributed by atoms with Crippen molar-refractivity contribution in [1.29, 1.82) is 0 Å². The van der Waals surface area contributed by atoms with Gasteiger partial charge in [0.25, 0.3) is 0 Å². The number of rotatable bonds is 8. The third-order valence-corrected chi connectivity index (χ3v) is 7.09. The van der Waals surface area contributed by atoms with Gasteiger partial charge in [0.2, 0.25) is 5.95 Å². The van der Waals surface area contributed by atoms with Crippen molar-refractivity contribution in [3.8, 4) is 0 Å². The molecule has 1 N–H and O–H groups in total. The smallest absolute Gasteiger partial charge is 0.223 e. The number of thioether (sulfide) groups is 1. The van der Waals surface area contributed by atoms with Crippen molar-refractivity contribution in [2.75, 3.05) is 17.6 Å². The number of unbranched alkanes of at least 4 members (excludes halogenated alkanes) is 1. The van der Waals surface area contributed by atoms with Gasteiger partial charge in [0.15, 0.2) is 0 Å². The van der Waals surface area contributed by atoms with Crippen molar-refractivity contribution >= 4 is 55.9 Å². The van der Waals surface area contributed by atoms with E-state index in [9.17, 15) is 0 Å². The molecule has 3 rings (SSSR count). The summed E-state index contributed by atoms with van der Waals surface area (Å²) in [7, 11) is 0. The van der Waals surface area contributed by atoms with Crippen LogP contribution in [0, 0.1) is 6.92 Å². The molecule has 0 spiro atoms. The first-order chi connectivity index (χ1) is 12.2. The minimum Gasteiger partial charge on any atom is -0.353 e. The zero-order chi connectivity index (χ0) is 17.6. The normalized spacial score (nSPS) is 11.2. The van der Waals surface area contributed by atoms with Crippen molar-refractivity contribution in [3.63, 3.8) is 0 Å². The lowest BCUT2D eigenvalue weighted by Gasteiger charge is -2.06. The second-order valence-electron chi connectivity index (χ2n) is 5.95. The van der Waals surface area contributed by atoms with E-state index in [2.05, 4.69) is 50.4 Å². The van der Waals surface area contributed by atoms with Crippen molar-refractivity contribution in [2.24, 2.45) is 0 Å². The van der Waals surface area contributed by atoms with Crippen LogP contribution in [0.2, 0.25) is 0 Å². The van der Waals surface area contributed by atoms with Crippen LogP contribution in [0.1, 0.15) is 30.9 Å². The van der Waals surface area contributed by atoms with Gasteiger partial charge in [-0.05, 0) is 54.5 Å². The van der Waals surface area contributed by atoms with Crippen LogP contribution in [-0.2, 0) is 6.42 Å². The number of aryl methyl sites for hydroxylation is 1. The first-order valence-corrected chi connectivity index (χ1v) is 11.2. The number of halogens is 1. The summed E-state index contributed by atoms with van der Waals surface area (Å²) in [5.41, 5.74) is 3.95. The van der Waals surface area contributed by atoms with Crippen molar-refractivity contribution in [2.45, 2.75) is 37.3 Å². The van der Waals surface area contributed by atoms with Gasteiger partial charge in [-0.15, -0.1) is 23.1 Å². The molecule has 3 nitrogen and oxygen atoms in total. The molecule has 0 unspecified atom stereocenters. The highest BCUT2D eigenvalue weighted by Gasteiger charge is 2.08. The standard InChI is InChI=1S/C19H22BrN3S2/c1-3-4-5-14-12-25-18(13(14)2)24-9-8-21-19-22-11-15-10-16(20)6-7-17(15)23-19/h6-7,10-12H,3-5,8-9H2,1-2H3,(H,21,22,23). The fourth-order valence-corrected chi connectivity index (χ4v) is 5.22. The summed E-state index contributed by atoms with van der Waals surface area (Å²) in [6, 6.07) is 6.04. The monoisotopic (exact) mass is 435 g/mol. The molecule has 3 aromatic rings. The SMILES string of the molecule is CCCCc1csc(SCCNc2ncc3cc(Br)ccc3n2)c1C. The molecular weight excluding hydrogens is 414 g/mol. The third-order valence-electron chi connectivity index (χ3n) is 4.06. The first kappa shape index (κ1) is 18.7. The van der Waals surface area contributed by atoms with E-state index in [1.54, 1.807) is 0 Å².